The molecule has 3 N–H and O–H groups in total. The van der Waals surface area contributed by atoms with E-state index in [1.54, 1.807) is 12.0 Å². The van der Waals surface area contributed by atoms with Crippen molar-refractivity contribution in [2.75, 3.05) is 33.3 Å². The summed E-state index contributed by atoms with van der Waals surface area (Å²) in [6.45, 7) is 8.87. The number of para-hydroxylation sites is 1. The molecule has 0 aromatic heterocycles. The minimum Gasteiger partial charge on any atom is -0.496 e. The van der Waals surface area contributed by atoms with Gasteiger partial charge in [0.15, 0.2) is 6.04 Å². The molecule has 0 unspecified atom stereocenters. The minimum atomic E-state index is -0.101. The number of hydrogen-bond donors (Lipinski definition) is 2. The summed E-state index contributed by atoms with van der Waals surface area (Å²) in [5.41, 5.74) is 2.49. The van der Waals surface area contributed by atoms with E-state index in [4.69, 9.17) is 4.74 Å². The zero-order valence-electron chi connectivity index (χ0n) is 17.2. The van der Waals surface area contributed by atoms with Crippen molar-refractivity contribution in [2.24, 2.45) is 0 Å². The lowest BCUT2D eigenvalue weighted by molar-refractivity contribution is -0.917. The van der Waals surface area contributed by atoms with E-state index in [0.29, 0.717) is 0 Å². The number of piperazine rings is 1. The molecule has 1 fully saturated rings. The number of hydrogen-bond acceptors (Lipinski definition) is 2. The molecular weight excluding hydrogens is 350 g/mol. The van der Waals surface area contributed by atoms with E-state index >= 15 is 0 Å². The molecule has 5 nitrogen and oxygen atoms in total. The number of carbonyl (C=O) groups is 1. The lowest BCUT2D eigenvalue weighted by Crippen LogP contribution is -3.13. The quantitative estimate of drug-likeness (QED) is 0.737. The molecule has 0 saturated carbocycles. The van der Waals surface area contributed by atoms with Gasteiger partial charge in [0.25, 0.3) is 5.91 Å². The first-order chi connectivity index (χ1) is 13.6. The molecule has 5 heteroatoms. The molecule has 1 heterocycles. The minimum absolute atomic E-state index is 0.101. The Bertz CT molecular complexity index is 757. The van der Waals surface area contributed by atoms with Crippen LogP contribution in [0.25, 0.3) is 0 Å². The van der Waals surface area contributed by atoms with Gasteiger partial charge < -0.3 is 19.9 Å². The molecule has 150 valence electrons. The Morgan fingerprint density at radius 1 is 1.07 bits per heavy atom. The van der Waals surface area contributed by atoms with Crippen LogP contribution < -0.4 is 15.0 Å². The number of quaternary nitrogens is 2. The molecule has 0 bridgehead atoms. The van der Waals surface area contributed by atoms with Gasteiger partial charge in [-0.1, -0.05) is 42.5 Å². The summed E-state index contributed by atoms with van der Waals surface area (Å²) in [5.74, 6) is 1.12. The van der Waals surface area contributed by atoms with Gasteiger partial charge in [0, 0.05) is 5.56 Å². The molecule has 1 aliphatic rings. The second-order valence-corrected chi connectivity index (χ2v) is 7.75. The number of nitrogens with zero attached hydrogens (tertiary/aromatic N) is 1. The van der Waals surface area contributed by atoms with Crippen LogP contribution in [0.5, 0.6) is 5.75 Å². The Labute approximate surface area is 168 Å². The van der Waals surface area contributed by atoms with Crippen molar-refractivity contribution in [3.05, 3.63) is 65.7 Å². The summed E-state index contributed by atoms with van der Waals surface area (Å²) in [7, 11) is 1.69. The number of amides is 1. The van der Waals surface area contributed by atoms with Crippen LogP contribution in [-0.2, 0) is 11.3 Å². The molecular formula is C23H33N3O2+2. The zero-order valence-corrected chi connectivity index (χ0v) is 17.2. The van der Waals surface area contributed by atoms with Gasteiger partial charge in [0.05, 0.1) is 38.9 Å². The molecule has 2 aromatic carbocycles. The Kier molecular flexibility index (Phi) is 7.06. The number of carbonyl (C=O) groups excluding carboxylic acids is 1. The topological polar surface area (TPSA) is 50.6 Å². The van der Waals surface area contributed by atoms with Crippen molar-refractivity contribution < 1.29 is 19.7 Å². The molecule has 1 aliphatic heterocycles. The molecule has 0 aliphatic carbocycles. The van der Waals surface area contributed by atoms with Crippen molar-refractivity contribution in [1.29, 1.82) is 0 Å². The smallest absolute Gasteiger partial charge is 0.280 e. The second-order valence-electron chi connectivity index (χ2n) is 7.75. The molecule has 1 saturated heterocycles. The lowest BCUT2D eigenvalue weighted by Gasteiger charge is -2.33. The average Bonchev–Trinajstić information content (AvgIpc) is 2.74. The Hall–Kier alpha value is -2.37. The molecule has 3 rings (SSSR count). The Morgan fingerprint density at radius 3 is 2.39 bits per heavy atom. The number of nitrogens with one attached hydrogen (secondary N) is 1. The summed E-state index contributed by atoms with van der Waals surface area (Å²) in [5, 5.41) is 2.14. The van der Waals surface area contributed by atoms with Gasteiger partial charge in [-0.2, -0.15) is 0 Å². The van der Waals surface area contributed by atoms with Gasteiger partial charge >= 0.3 is 0 Å². The molecule has 28 heavy (non-hydrogen) atoms. The summed E-state index contributed by atoms with van der Waals surface area (Å²) < 4.78 is 5.47. The van der Waals surface area contributed by atoms with E-state index in [0.717, 1.165) is 44.0 Å². The van der Waals surface area contributed by atoms with Crippen molar-refractivity contribution in [3.8, 4) is 5.75 Å². The van der Waals surface area contributed by atoms with Gasteiger partial charge in [-0.3, -0.25) is 4.79 Å². The van der Waals surface area contributed by atoms with Crippen molar-refractivity contribution in [3.63, 3.8) is 0 Å². The third-order valence-electron chi connectivity index (χ3n) is 5.68. The lowest BCUT2D eigenvalue weighted by atomic mass is 10.1. The van der Waals surface area contributed by atoms with Crippen LogP contribution in [0.3, 0.4) is 0 Å². The van der Waals surface area contributed by atoms with E-state index < -0.39 is 0 Å². The van der Waals surface area contributed by atoms with Crippen LogP contribution in [-0.4, -0.2) is 50.1 Å². The standard InChI is InChI=1S/C23H31N3O2/c1-18(21-11-7-8-12-22(21)28-3)24-19(2)23(27)26-15-13-25(14-16-26)17-20-9-5-4-6-10-20/h4-12,18-19,24H,13-17H2,1-3H3/p+2/t18-,19-/m1/s1. The van der Waals surface area contributed by atoms with E-state index in [9.17, 15) is 4.79 Å². The summed E-state index contributed by atoms with van der Waals surface area (Å²) in [6, 6.07) is 18.7. The van der Waals surface area contributed by atoms with Crippen LogP contribution in [0.2, 0.25) is 0 Å². The summed E-state index contributed by atoms with van der Waals surface area (Å²) in [6.07, 6.45) is 0. The number of benzene rings is 2. The van der Waals surface area contributed by atoms with Crippen LogP contribution >= 0.6 is 0 Å². The fourth-order valence-corrected chi connectivity index (χ4v) is 4.05. The first kappa shape index (κ1) is 20.4. The van der Waals surface area contributed by atoms with Gasteiger partial charge in [-0.25, -0.2) is 0 Å². The molecule has 1 amide bonds. The van der Waals surface area contributed by atoms with Crippen LogP contribution in [0.1, 0.15) is 31.0 Å². The van der Waals surface area contributed by atoms with Gasteiger partial charge in [0.2, 0.25) is 0 Å². The maximum Gasteiger partial charge on any atom is 0.280 e. The predicted molar refractivity (Wildman–Crippen MR) is 110 cm³/mol. The monoisotopic (exact) mass is 383 g/mol. The van der Waals surface area contributed by atoms with Crippen molar-refractivity contribution in [1.82, 2.24) is 4.90 Å². The molecule has 0 radical (unpaired) electrons. The van der Waals surface area contributed by atoms with Gasteiger partial charge in [-0.15, -0.1) is 0 Å². The maximum atomic E-state index is 12.9. The maximum absolute atomic E-state index is 12.9. The van der Waals surface area contributed by atoms with E-state index in [1.165, 1.54) is 5.56 Å². The zero-order chi connectivity index (χ0) is 19.9. The largest absolute Gasteiger partial charge is 0.496 e. The van der Waals surface area contributed by atoms with Crippen LogP contribution in [0, 0.1) is 0 Å². The van der Waals surface area contributed by atoms with Gasteiger partial charge in [0.1, 0.15) is 18.3 Å². The fourth-order valence-electron chi connectivity index (χ4n) is 4.05. The van der Waals surface area contributed by atoms with E-state index in [-0.39, 0.29) is 18.0 Å². The normalized spacial score (nSPS) is 17.2. The Morgan fingerprint density at radius 2 is 1.71 bits per heavy atom. The fraction of sp³-hybridized carbons (Fsp3) is 0.435. The average molecular weight is 384 g/mol. The highest BCUT2D eigenvalue weighted by atomic mass is 16.5. The molecule has 2 atom stereocenters. The third-order valence-corrected chi connectivity index (χ3v) is 5.68. The van der Waals surface area contributed by atoms with Crippen molar-refractivity contribution in [2.45, 2.75) is 32.5 Å². The summed E-state index contributed by atoms with van der Waals surface area (Å²) in [4.78, 5) is 16.5. The first-order valence-corrected chi connectivity index (χ1v) is 10.2. The SMILES string of the molecule is COc1ccccc1[C@@H](C)[NH2+][C@H](C)C(=O)N1CC[NH+](Cc2ccccc2)CC1. The molecule has 0 spiro atoms. The summed E-state index contributed by atoms with van der Waals surface area (Å²) >= 11 is 0. The van der Waals surface area contributed by atoms with Crippen molar-refractivity contribution >= 4 is 5.91 Å². The Balaban J connectivity index is 1.50. The number of methoxy groups -OCH3 is 1. The molecule has 2 aromatic rings. The number of rotatable bonds is 7. The van der Waals surface area contributed by atoms with Gasteiger partial charge in [-0.05, 0) is 26.0 Å². The van der Waals surface area contributed by atoms with E-state index in [1.807, 2.05) is 30.0 Å². The highest BCUT2D eigenvalue weighted by Gasteiger charge is 2.30. The third kappa shape index (κ3) is 5.12. The number of ether oxygens (including phenoxy) is 1. The van der Waals surface area contributed by atoms with E-state index in [2.05, 4.69) is 48.6 Å². The predicted octanol–water partition coefficient (Wildman–Crippen LogP) is 0.635. The second kappa shape index (κ2) is 9.71. The highest BCUT2D eigenvalue weighted by Crippen LogP contribution is 2.22. The number of nitrogens with two attached hydrogens (primary N) is 1. The highest BCUT2D eigenvalue weighted by molar-refractivity contribution is 5.80. The van der Waals surface area contributed by atoms with Crippen LogP contribution in [0.4, 0.5) is 0 Å². The van der Waals surface area contributed by atoms with Crippen LogP contribution in [0.15, 0.2) is 54.6 Å². The first-order valence-electron chi connectivity index (χ1n) is 10.2.